The summed E-state index contributed by atoms with van der Waals surface area (Å²) in [4.78, 5) is 13.5. The van der Waals surface area contributed by atoms with Crippen LogP contribution in [0.5, 0.6) is 0 Å². The number of aromatic nitrogens is 5. The molecular formula is C23H18F2N8. The van der Waals surface area contributed by atoms with Gasteiger partial charge in [-0.25, -0.2) is 18.7 Å². The third-order valence-corrected chi connectivity index (χ3v) is 6.16. The summed E-state index contributed by atoms with van der Waals surface area (Å²) in [5.74, 6) is -2.14. The Morgan fingerprint density at radius 3 is 2.91 bits per heavy atom. The molecular weight excluding hydrogens is 426 g/mol. The van der Waals surface area contributed by atoms with Crippen LogP contribution in [0.3, 0.4) is 0 Å². The topological polar surface area (TPSA) is 110 Å². The van der Waals surface area contributed by atoms with E-state index >= 15 is 0 Å². The quantitative estimate of drug-likeness (QED) is 0.499. The Labute approximate surface area is 187 Å². The molecule has 0 amide bonds. The van der Waals surface area contributed by atoms with Crippen LogP contribution in [0.4, 0.5) is 14.5 Å². The minimum atomic E-state index is -1.13. The molecule has 33 heavy (non-hydrogen) atoms. The van der Waals surface area contributed by atoms with Gasteiger partial charge in [-0.3, -0.25) is 4.68 Å². The molecule has 0 aliphatic carbocycles. The second-order valence-corrected chi connectivity index (χ2v) is 7.96. The first-order chi connectivity index (χ1) is 16.1. The normalized spacial score (nSPS) is 16.6. The Kier molecular flexibility index (Phi) is 5.19. The molecule has 1 aromatic carbocycles. The maximum absolute atomic E-state index is 14.1. The molecule has 0 radical (unpaired) electrons. The summed E-state index contributed by atoms with van der Waals surface area (Å²) < 4.78 is 29.5. The predicted octanol–water partition coefficient (Wildman–Crippen LogP) is 3.95. The van der Waals surface area contributed by atoms with E-state index < -0.39 is 11.6 Å². The van der Waals surface area contributed by atoms with Gasteiger partial charge < -0.3 is 9.88 Å². The van der Waals surface area contributed by atoms with Crippen LogP contribution in [-0.4, -0.2) is 37.8 Å². The number of nitrogens with one attached hydrogen (secondary N) is 1. The summed E-state index contributed by atoms with van der Waals surface area (Å²) in [6, 6.07) is 8.17. The third-order valence-electron chi connectivity index (χ3n) is 6.16. The lowest BCUT2D eigenvalue weighted by Crippen LogP contribution is -2.25. The number of nitrogens with zero attached hydrogens (tertiary/aromatic N) is 7. The number of benzene rings is 1. The van der Waals surface area contributed by atoms with Crippen LogP contribution < -0.4 is 4.90 Å². The van der Waals surface area contributed by atoms with Gasteiger partial charge in [-0.15, -0.1) is 0 Å². The molecule has 5 rings (SSSR count). The van der Waals surface area contributed by atoms with E-state index in [0.29, 0.717) is 18.8 Å². The third kappa shape index (κ3) is 3.56. The van der Waals surface area contributed by atoms with Gasteiger partial charge in [-0.05, 0) is 24.6 Å². The minimum Gasteiger partial charge on any atom is -0.370 e. The lowest BCUT2D eigenvalue weighted by molar-refractivity contribution is 0.332. The van der Waals surface area contributed by atoms with Gasteiger partial charge >= 0.3 is 0 Å². The highest BCUT2D eigenvalue weighted by Crippen LogP contribution is 2.36. The molecule has 1 aliphatic rings. The fourth-order valence-electron chi connectivity index (χ4n) is 4.54. The van der Waals surface area contributed by atoms with E-state index in [2.05, 4.69) is 26.1 Å². The molecule has 1 saturated heterocycles. The molecule has 0 spiro atoms. The van der Waals surface area contributed by atoms with Crippen molar-refractivity contribution in [3.8, 4) is 23.4 Å². The van der Waals surface area contributed by atoms with Gasteiger partial charge in [-0.1, -0.05) is 0 Å². The average molecular weight is 444 g/mol. The van der Waals surface area contributed by atoms with Gasteiger partial charge in [0.2, 0.25) is 0 Å². The number of rotatable bonds is 5. The van der Waals surface area contributed by atoms with E-state index in [9.17, 15) is 19.3 Å². The molecule has 1 aliphatic heterocycles. The van der Waals surface area contributed by atoms with Crippen molar-refractivity contribution in [2.45, 2.75) is 18.9 Å². The van der Waals surface area contributed by atoms with E-state index in [1.807, 2.05) is 17.2 Å². The van der Waals surface area contributed by atoms with E-state index in [4.69, 9.17) is 0 Å². The Balaban J connectivity index is 1.42. The molecule has 164 valence electrons. The number of nitriles is 2. The van der Waals surface area contributed by atoms with E-state index in [1.54, 1.807) is 23.1 Å². The van der Waals surface area contributed by atoms with E-state index in [0.717, 1.165) is 34.8 Å². The number of anilines is 1. The van der Waals surface area contributed by atoms with Gasteiger partial charge in [0.05, 0.1) is 36.1 Å². The van der Waals surface area contributed by atoms with Crippen LogP contribution in [0.2, 0.25) is 0 Å². The van der Waals surface area contributed by atoms with Crippen molar-refractivity contribution in [1.29, 1.82) is 10.5 Å². The van der Waals surface area contributed by atoms with Gasteiger partial charge in [0, 0.05) is 42.4 Å². The van der Waals surface area contributed by atoms with Crippen LogP contribution >= 0.6 is 0 Å². The van der Waals surface area contributed by atoms with Crippen LogP contribution in [0.25, 0.3) is 22.3 Å². The molecule has 0 bridgehead atoms. The van der Waals surface area contributed by atoms with Crippen molar-refractivity contribution >= 4 is 16.7 Å². The predicted molar refractivity (Wildman–Crippen MR) is 116 cm³/mol. The van der Waals surface area contributed by atoms with Crippen LogP contribution in [0.15, 0.2) is 43.1 Å². The summed E-state index contributed by atoms with van der Waals surface area (Å²) >= 11 is 0. The summed E-state index contributed by atoms with van der Waals surface area (Å²) in [5.41, 5.74) is 2.36. The monoisotopic (exact) mass is 444 g/mol. The number of halogens is 2. The van der Waals surface area contributed by atoms with Crippen LogP contribution in [-0.2, 0) is 0 Å². The van der Waals surface area contributed by atoms with Crippen molar-refractivity contribution < 1.29 is 8.78 Å². The highest BCUT2D eigenvalue weighted by molar-refractivity contribution is 5.89. The SMILES string of the molecule is N#CCC(C1CCN(c2ccc(F)c(F)c2C#N)C1)n1cc(-c2ncnc3[nH]ccc23)cn1. The second kappa shape index (κ2) is 8.32. The summed E-state index contributed by atoms with van der Waals surface area (Å²) in [6.07, 6.45) is 7.84. The second-order valence-electron chi connectivity index (χ2n) is 7.96. The van der Waals surface area contributed by atoms with Crippen molar-refractivity contribution in [3.05, 3.63) is 60.3 Å². The number of aromatic amines is 1. The standard InChI is InChI=1S/C23H18F2N8/c24-18-1-2-20(17(9-27)21(18)25)32-8-5-14(11-32)19(3-6-26)33-12-15(10-31-33)22-16-4-7-28-23(16)30-13-29-22/h1-2,4,7,10,12-14,19H,3,5,8,11H2,(H,28,29,30). The van der Waals surface area contributed by atoms with Gasteiger partial charge in [0.1, 0.15) is 23.6 Å². The Morgan fingerprint density at radius 1 is 1.21 bits per heavy atom. The first-order valence-electron chi connectivity index (χ1n) is 10.4. The van der Waals surface area contributed by atoms with Crippen LogP contribution in [0.1, 0.15) is 24.4 Å². The summed E-state index contributed by atoms with van der Waals surface area (Å²) in [5, 5.41) is 24.2. The largest absolute Gasteiger partial charge is 0.370 e. The van der Waals surface area contributed by atoms with Crippen molar-refractivity contribution in [2.75, 3.05) is 18.0 Å². The molecule has 1 fully saturated rings. The van der Waals surface area contributed by atoms with Crippen LogP contribution in [0, 0.1) is 40.2 Å². The Morgan fingerprint density at radius 2 is 2.09 bits per heavy atom. The number of H-pyrrole nitrogens is 1. The van der Waals surface area contributed by atoms with Crippen molar-refractivity contribution in [2.24, 2.45) is 5.92 Å². The molecule has 3 aromatic heterocycles. The smallest absolute Gasteiger partial charge is 0.178 e. The molecule has 10 heteroatoms. The fraction of sp³-hybridized carbons (Fsp3) is 0.261. The molecule has 4 aromatic rings. The zero-order valence-electron chi connectivity index (χ0n) is 17.4. The summed E-state index contributed by atoms with van der Waals surface area (Å²) in [7, 11) is 0. The molecule has 0 saturated carbocycles. The number of hydrogen-bond donors (Lipinski definition) is 1. The average Bonchev–Trinajstić information content (AvgIpc) is 3.59. The highest BCUT2D eigenvalue weighted by atomic mass is 19.2. The lowest BCUT2D eigenvalue weighted by Gasteiger charge is -2.24. The Hall–Kier alpha value is -4.31. The van der Waals surface area contributed by atoms with E-state index in [1.165, 1.54) is 12.4 Å². The van der Waals surface area contributed by atoms with Gasteiger partial charge in [0.25, 0.3) is 0 Å². The first kappa shape index (κ1) is 20.6. The first-order valence-corrected chi connectivity index (χ1v) is 10.4. The van der Waals surface area contributed by atoms with Crippen molar-refractivity contribution in [3.63, 3.8) is 0 Å². The van der Waals surface area contributed by atoms with Crippen molar-refractivity contribution in [1.82, 2.24) is 24.7 Å². The molecule has 2 unspecified atom stereocenters. The minimum absolute atomic E-state index is 0.0368. The highest BCUT2D eigenvalue weighted by Gasteiger charge is 2.33. The van der Waals surface area contributed by atoms with Gasteiger partial charge in [0.15, 0.2) is 11.6 Å². The van der Waals surface area contributed by atoms with E-state index in [-0.39, 0.29) is 23.9 Å². The maximum atomic E-state index is 14.1. The number of fused-ring (bicyclic) bond motifs is 1. The molecule has 4 heterocycles. The zero-order chi connectivity index (χ0) is 22.9. The molecule has 2 atom stereocenters. The maximum Gasteiger partial charge on any atom is 0.178 e. The lowest BCUT2D eigenvalue weighted by atomic mass is 9.96. The molecule has 8 nitrogen and oxygen atoms in total. The Bertz CT molecular complexity index is 1410. The molecule has 1 N–H and O–H groups in total. The fourth-order valence-corrected chi connectivity index (χ4v) is 4.54. The number of hydrogen-bond acceptors (Lipinski definition) is 6. The zero-order valence-corrected chi connectivity index (χ0v) is 17.4. The van der Waals surface area contributed by atoms with Gasteiger partial charge in [-0.2, -0.15) is 15.6 Å². The summed E-state index contributed by atoms with van der Waals surface area (Å²) in [6.45, 7) is 1.06.